The Morgan fingerprint density at radius 1 is 0.833 bits per heavy atom. The van der Waals surface area contributed by atoms with Crippen molar-refractivity contribution in [1.82, 2.24) is 5.06 Å². The van der Waals surface area contributed by atoms with Crippen molar-refractivity contribution in [3.05, 3.63) is 101 Å². The van der Waals surface area contributed by atoms with Gasteiger partial charge in [-0.2, -0.15) is 0 Å². The molecule has 0 radical (unpaired) electrons. The van der Waals surface area contributed by atoms with Crippen molar-refractivity contribution >= 4 is 23.5 Å². The van der Waals surface area contributed by atoms with Crippen LogP contribution in [-0.2, 0) is 11.4 Å². The molecule has 0 N–H and O–H groups in total. The Hall–Kier alpha value is -3.93. The number of nitrogens with zero attached hydrogens (tertiary/aromatic N) is 2. The van der Waals surface area contributed by atoms with Crippen molar-refractivity contribution < 1.29 is 19.2 Å². The molecule has 0 aliphatic carbocycles. The molecule has 1 aliphatic rings. The normalized spacial score (nSPS) is 12.6. The maximum atomic E-state index is 12.5. The maximum absolute atomic E-state index is 12.5. The Morgan fingerprint density at radius 2 is 1.40 bits per heavy atom. The van der Waals surface area contributed by atoms with Crippen LogP contribution in [0, 0.1) is 0 Å². The molecule has 1 aliphatic heterocycles. The number of carbonyl (C=O) groups excluding carboxylic acids is 3. The molecule has 0 bridgehead atoms. The number of amides is 2. The smallest absolute Gasteiger partial charge is 0.363 e. The average Bonchev–Trinajstić information content (AvgIpc) is 3.03. The highest BCUT2D eigenvalue weighted by atomic mass is 16.7. The second-order valence-electron chi connectivity index (χ2n) is 6.88. The van der Waals surface area contributed by atoms with Gasteiger partial charge >= 0.3 is 5.97 Å². The first-order valence-electron chi connectivity index (χ1n) is 9.67. The number of rotatable bonds is 6. The molecule has 3 aromatic rings. The van der Waals surface area contributed by atoms with Gasteiger partial charge in [0.15, 0.2) is 0 Å². The molecule has 30 heavy (non-hydrogen) atoms. The first-order chi connectivity index (χ1) is 14.6. The first-order valence-corrected chi connectivity index (χ1v) is 9.67. The molecule has 150 valence electrons. The summed E-state index contributed by atoms with van der Waals surface area (Å²) in [6, 6.07) is 23.4. The number of benzene rings is 3. The largest absolute Gasteiger partial charge is 0.367 e. The van der Waals surface area contributed by atoms with Crippen molar-refractivity contribution in [3.8, 4) is 0 Å². The molecule has 6 nitrogen and oxygen atoms in total. The van der Waals surface area contributed by atoms with E-state index in [0.717, 1.165) is 18.8 Å². The molecule has 0 atom stereocenters. The summed E-state index contributed by atoms with van der Waals surface area (Å²) in [7, 11) is 0. The van der Waals surface area contributed by atoms with Gasteiger partial charge in [0.1, 0.15) is 0 Å². The second kappa shape index (κ2) is 8.21. The van der Waals surface area contributed by atoms with E-state index < -0.39 is 17.8 Å². The van der Waals surface area contributed by atoms with E-state index in [0.29, 0.717) is 5.06 Å². The standard InChI is InChI=1S/C24H20N2O4/c1-2-25(16-17-8-4-3-5-9-17)19-14-12-18(13-15-19)24(29)30-26-22(27)20-10-6-7-11-21(20)23(26)28/h3-15H,2,16H2,1H3. The molecular weight excluding hydrogens is 380 g/mol. The van der Waals surface area contributed by atoms with Crippen LogP contribution in [0.4, 0.5) is 5.69 Å². The third kappa shape index (κ3) is 3.67. The zero-order valence-electron chi connectivity index (χ0n) is 16.4. The number of imide groups is 1. The summed E-state index contributed by atoms with van der Waals surface area (Å²) in [5.74, 6) is -2.04. The number of hydrogen-bond acceptors (Lipinski definition) is 5. The van der Waals surface area contributed by atoms with Gasteiger partial charge in [-0.15, -0.1) is 0 Å². The summed E-state index contributed by atoms with van der Waals surface area (Å²) in [5.41, 5.74) is 2.86. The summed E-state index contributed by atoms with van der Waals surface area (Å²) >= 11 is 0. The van der Waals surface area contributed by atoms with E-state index in [4.69, 9.17) is 4.84 Å². The van der Waals surface area contributed by atoms with E-state index in [1.54, 1.807) is 24.3 Å². The van der Waals surface area contributed by atoms with Gasteiger partial charge in [0.25, 0.3) is 11.8 Å². The highest BCUT2D eigenvalue weighted by Gasteiger charge is 2.38. The summed E-state index contributed by atoms with van der Waals surface area (Å²) in [6.45, 7) is 3.61. The molecule has 0 fully saturated rings. The third-order valence-electron chi connectivity index (χ3n) is 5.00. The molecule has 0 spiro atoms. The zero-order valence-corrected chi connectivity index (χ0v) is 16.4. The van der Waals surface area contributed by atoms with Crippen molar-refractivity contribution in [2.75, 3.05) is 11.4 Å². The number of fused-ring (bicyclic) bond motifs is 1. The lowest BCUT2D eigenvalue weighted by Crippen LogP contribution is -2.32. The fraction of sp³-hybridized carbons (Fsp3) is 0.125. The molecule has 6 heteroatoms. The zero-order chi connectivity index (χ0) is 21.1. The SMILES string of the molecule is CCN(Cc1ccccc1)c1ccc(C(=O)ON2C(=O)c3ccccc3C2=O)cc1. The number of carbonyl (C=O) groups is 3. The van der Waals surface area contributed by atoms with Gasteiger partial charge in [0, 0.05) is 18.8 Å². The van der Waals surface area contributed by atoms with Crippen LogP contribution in [0.15, 0.2) is 78.9 Å². The van der Waals surface area contributed by atoms with Crippen LogP contribution in [0.5, 0.6) is 0 Å². The van der Waals surface area contributed by atoms with Crippen LogP contribution in [-0.4, -0.2) is 29.4 Å². The predicted molar refractivity (Wildman–Crippen MR) is 112 cm³/mol. The number of hydrogen-bond donors (Lipinski definition) is 0. The van der Waals surface area contributed by atoms with Crippen LogP contribution in [0.2, 0.25) is 0 Å². The molecule has 1 heterocycles. The Morgan fingerprint density at radius 3 is 1.97 bits per heavy atom. The highest BCUT2D eigenvalue weighted by Crippen LogP contribution is 2.24. The van der Waals surface area contributed by atoms with Crippen molar-refractivity contribution in [2.24, 2.45) is 0 Å². The Labute approximate surface area is 174 Å². The number of hydroxylamine groups is 2. The van der Waals surface area contributed by atoms with Crippen molar-refractivity contribution in [1.29, 1.82) is 0 Å². The molecule has 0 aromatic heterocycles. The second-order valence-corrected chi connectivity index (χ2v) is 6.88. The molecule has 4 rings (SSSR count). The third-order valence-corrected chi connectivity index (χ3v) is 5.00. The molecular formula is C24H20N2O4. The fourth-order valence-electron chi connectivity index (χ4n) is 3.38. The lowest BCUT2D eigenvalue weighted by molar-refractivity contribution is -0.0584. The fourth-order valence-corrected chi connectivity index (χ4v) is 3.38. The van der Waals surface area contributed by atoms with Crippen LogP contribution in [0.1, 0.15) is 43.6 Å². The van der Waals surface area contributed by atoms with Gasteiger partial charge in [-0.25, -0.2) is 4.79 Å². The topological polar surface area (TPSA) is 66.9 Å². The van der Waals surface area contributed by atoms with Gasteiger partial charge in [0.05, 0.1) is 16.7 Å². The summed E-state index contributed by atoms with van der Waals surface area (Å²) < 4.78 is 0. The van der Waals surface area contributed by atoms with E-state index in [9.17, 15) is 14.4 Å². The Bertz CT molecular complexity index is 1060. The summed E-state index contributed by atoms with van der Waals surface area (Å²) in [5, 5.41) is 0.522. The summed E-state index contributed by atoms with van der Waals surface area (Å²) in [4.78, 5) is 44.5. The Balaban J connectivity index is 1.46. The molecule has 0 saturated carbocycles. The van der Waals surface area contributed by atoms with Crippen LogP contribution < -0.4 is 4.90 Å². The van der Waals surface area contributed by atoms with Gasteiger partial charge in [0.2, 0.25) is 0 Å². The monoisotopic (exact) mass is 400 g/mol. The van der Waals surface area contributed by atoms with Gasteiger partial charge in [-0.05, 0) is 48.9 Å². The highest BCUT2D eigenvalue weighted by molar-refractivity contribution is 6.21. The average molecular weight is 400 g/mol. The number of anilines is 1. The van der Waals surface area contributed by atoms with Crippen molar-refractivity contribution in [2.45, 2.75) is 13.5 Å². The van der Waals surface area contributed by atoms with Crippen LogP contribution in [0.25, 0.3) is 0 Å². The summed E-state index contributed by atoms with van der Waals surface area (Å²) in [6.07, 6.45) is 0. The van der Waals surface area contributed by atoms with E-state index in [2.05, 4.69) is 24.0 Å². The van der Waals surface area contributed by atoms with Gasteiger partial charge in [-0.1, -0.05) is 47.5 Å². The molecule has 0 saturated heterocycles. The molecule has 2 amide bonds. The minimum Gasteiger partial charge on any atom is -0.367 e. The Kier molecular flexibility index (Phi) is 5.30. The van der Waals surface area contributed by atoms with E-state index in [1.165, 1.54) is 17.7 Å². The van der Waals surface area contributed by atoms with Gasteiger partial charge in [-0.3, -0.25) is 9.59 Å². The lowest BCUT2D eigenvalue weighted by Gasteiger charge is -2.23. The van der Waals surface area contributed by atoms with E-state index >= 15 is 0 Å². The first kappa shape index (κ1) is 19.4. The van der Waals surface area contributed by atoms with Crippen LogP contribution in [0.3, 0.4) is 0 Å². The lowest BCUT2D eigenvalue weighted by atomic mass is 10.1. The van der Waals surface area contributed by atoms with E-state index in [1.807, 2.05) is 30.3 Å². The molecule has 0 unspecified atom stereocenters. The maximum Gasteiger partial charge on any atom is 0.363 e. The van der Waals surface area contributed by atoms with Crippen molar-refractivity contribution in [3.63, 3.8) is 0 Å². The van der Waals surface area contributed by atoms with E-state index in [-0.39, 0.29) is 16.7 Å². The molecule has 3 aromatic carbocycles. The minimum atomic E-state index is -0.762. The quantitative estimate of drug-likeness (QED) is 0.583. The minimum absolute atomic E-state index is 0.227. The van der Waals surface area contributed by atoms with Gasteiger partial charge < -0.3 is 9.74 Å². The predicted octanol–water partition coefficient (Wildman–Crippen LogP) is 4.08. The van der Waals surface area contributed by atoms with Crippen LogP contribution >= 0.6 is 0 Å².